The van der Waals surface area contributed by atoms with Crippen molar-refractivity contribution in [2.24, 2.45) is 7.05 Å². The molecule has 1 aromatic heterocycles. The number of nitrogens with one attached hydrogen (secondary N) is 1. The molecule has 29 heavy (non-hydrogen) atoms. The van der Waals surface area contributed by atoms with Crippen molar-refractivity contribution in [3.63, 3.8) is 0 Å². The highest BCUT2D eigenvalue weighted by molar-refractivity contribution is 7.98. The van der Waals surface area contributed by atoms with Crippen LogP contribution >= 0.6 is 23.4 Å². The van der Waals surface area contributed by atoms with E-state index in [1.54, 1.807) is 36.4 Å². The van der Waals surface area contributed by atoms with Crippen LogP contribution in [0.5, 0.6) is 0 Å². The number of non-ortho nitro benzene ring substituents is 1. The lowest BCUT2D eigenvalue weighted by Gasteiger charge is -2.13. The Kier molecular flexibility index (Phi) is 6.50. The third kappa shape index (κ3) is 5.12. The molecule has 1 atom stereocenters. The van der Waals surface area contributed by atoms with Crippen molar-refractivity contribution in [3.8, 4) is 0 Å². The van der Waals surface area contributed by atoms with E-state index in [-0.39, 0.29) is 17.6 Å². The van der Waals surface area contributed by atoms with E-state index < -0.39 is 4.92 Å². The predicted octanol–water partition coefficient (Wildman–Crippen LogP) is 4.16. The Morgan fingerprint density at radius 3 is 2.48 bits per heavy atom. The maximum Gasteiger partial charge on any atom is 0.269 e. The van der Waals surface area contributed by atoms with Crippen molar-refractivity contribution in [3.05, 3.63) is 80.6 Å². The van der Waals surface area contributed by atoms with Crippen LogP contribution in [0.25, 0.3) is 0 Å². The molecule has 150 valence electrons. The fourth-order valence-electron chi connectivity index (χ4n) is 2.64. The summed E-state index contributed by atoms with van der Waals surface area (Å²) in [5.74, 6) is 0.992. The first kappa shape index (κ1) is 20.8. The standard InChI is InChI=1S/C19H18ClN5O3S/c1-12(21-18(26)14-5-7-15(20)8-6-14)17-22-23-19(24(17)2)29-11-13-3-9-16(10-4-13)25(27)28/h3-10,12H,11H2,1-2H3,(H,21,26)/t12-/m0/s1. The SMILES string of the molecule is C[C@H](NC(=O)c1ccc(Cl)cc1)c1nnc(SCc2ccc([N+](=O)[O-])cc2)n1C. The van der Waals surface area contributed by atoms with Crippen molar-refractivity contribution >= 4 is 35.0 Å². The van der Waals surface area contributed by atoms with E-state index in [2.05, 4.69) is 15.5 Å². The van der Waals surface area contributed by atoms with Gasteiger partial charge in [0.1, 0.15) is 0 Å². The van der Waals surface area contributed by atoms with Gasteiger partial charge in [-0.05, 0) is 36.8 Å². The van der Waals surface area contributed by atoms with Crippen molar-refractivity contribution in [1.29, 1.82) is 0 Å². The highest BCUT2D eigenvalue weighted by Gasteiger charge is 2.18. The van der Waals surface area contributed by atoms with Crippen LogP contribution in [0.15, 0.2) is 53.7 Å². The molecule has 2 aromatic carbocycles. The number of nitro benzene ring substituents is 1. The average Bonchev–Trinajstić information content (AvgIpc) is 3.07. The third-order valence-electron chi connectivity index (χ3n) is 4.22. The third-order valence-corrected chi connectivity index (χ3v) is 5.57. The van der Waals surface area contributed by atoms with Gasteiger partial charge in [-0.3, -0.25) is 14.9 Å². The van der Waals surface area contributed by atoms with Gasteiger partial charge in [-0.2, -0.15) is 0 Å². The number of amides is 1. The molecular formula is C19H18ClN5O3S. The molecule has 0 radical (unpaired) electrons. The van der Waals surface area contributed by atoms with E-state index in [0.717, 1.165) is 5.56 Å². The molecule has 0 aliphatic carbocycles. The number of halogens is 1. The number of hydrogen-bond acceptors (Lipinski definition) is 6. The summed E-state index contributed by atoms with van der Waals surface area (Å²) < 4.78 is 1.82. The van der Waals surface area contributed by atoms with E-state index in [9.17, 15) is 14.9 Å². The van der Waals surface area contributed by atoms with E-state index >= 15 is 0 Å². The van der Waals surface area contributed by atoms with Gasteiger partial charge in [-0.1, -0.05) is 35.5 Å². The minimum absolute atomic E-state index is 0.0601. The van der Waals surface area contributed by atoms with Crippen molar-refractivity contribution in [1.82, 2.24) is 20.1 Å². The minimum Gasteiger partial charge on any atom is -0.342 e. The Hall–Kier alpha value is -2.91. The van der Waals surface area contributed by atoms with Crippen LogP contribution in [0, 0.1) is 10.1 Å². The molecule has 0 saturated carbocycles. The van der Waals surface area contributed by atoms with Gasteiger partial charge in [0.15, 0.2) is 11.0 Å². The number of benzene rings is 2. The molecule has 3 rings (SSSR count). The van der Waals surface area contributed by atoms with Crippen LogP contribution in [0.4, 0.5) is 5.69 Å². The molecule has 0 bridgehead atoms. The lowest BCUT2D eigenvalue weighted by molar-refractivity contribution is -0.384. The first-order valence-electron chi connectivity index (χ1n) is 8.67. The molecule has 0 fully saturated rings. The Morgan fingerprint density at radius 1 is 1.21 bits per heavy atom. The molecule has 8 nitrogen and oxygen atoms in total. The number of thioether (sulfide) groups is 1. The number of aromatic nitrogens is 3. The van der Waals surface area contributed by atoms with Crippen molar-refractivity contribution < 1.29 is 9.72 Å². The first-order chi connectivity index (χ1) is 13.8. The summed E-state index contributed by atoms with van der Waals surface area (Å²) in [6, 6.07) is 12.7. The highest BCUT2D eigenvalue weighted by atomic mass is 35.5. The maximum absolute atomic E-state index is 12.4. The monoisotopic (exact) mass is 431 g/mol. The molecule has 0 aliphatic heterocycles. The molecule has 10 heteroatoms. The summed E-state index contributed by atoms with van der Waals surface area (Å²) in [5.41, 5.74) is 1.51. The highest BCUT2D eigenvalue weighted by Crippen LogP contribution is 2.24. The van der Waals surface area contributed by atoms with E-state index in [1.807, 2.05) is 18.5 Å². The minimum atomic E-state index is -0.425. The lowest BCUT2D eigenvalue weighted by Crippen LogP contribution is -2.28. The van der Waals surface area contributed by atoms with Crippen LogP contribution in [0.3, 0.4) is 0 Å². The van der Waals surface area contributed by atoms with E-state index in [0.29, 0.717) is 27.3 Å². The second kappa shape index (κ2) is 9.06. The predicted molar refractivity (Wildman–Crippen MR) is 111 cm³/mol. The normalized spacial score (nSPS) is 11.8. The maximum atomic E-state index is 12.4. The smallest absolute Gasteiger partial charge is 0.269 e. The van der Waals surface area contributed by atoms with Gasteiger partial charge in [0, 0.05) is 35.5 Å². The summed E-state index contributed by atoms with van der Waals surface area (Å²) >= 11 is 7.31. The molecule has 1 heterocycles. The van der Waals surface area contributed by atoms with E-state index in [4.69, 9.17) is 11.6 Å². The second-order valence-corrected chi connectivity index (χ2v) is 7.69. The van der Waals surface area contributed by atoms with Gasteiger partial charge >= 0.3 is 0 Å². The summed E-state index contributed by atoms with van der Waals surface area (Å²) in [4.78, 5) is 22.7. The Morgan fingerprint density at radius 2 is 1.86 bits per heavy atom. The van der Waals surface area contributed by atoms with Gasteiger partial charge in [-0.15, -0.1) is 10.2 Å². The van der Waals surface area contributed by atoms with Crippen LogP contribution in [-0.4, -0.2) is 25.6 Å². The summed E-state index contributed by atoms with van der Waals surface area (Å²) in [6.07, 6.45) is 0. The van der Waals surface area contributed by atoms with Crippen molar-refractivity contribution in [2.45, 2.75) is 23.9 Å². The number of nitrogens with zero attached hydrogens (tertiary/aromatic N) is 4. The summed E-state index contributed by atoms with van der Waals surface area (Å²) in [7, 11) is 1.83. The average molecular weight is 432 g/mol. The molecule has 0 saturated heterocycles. The lowest BCUT2D eigenvalue weighted by atomic mass is 10.2. The molecule has 1 N–H and O–H groups in total. The summed E-state index contributed by atoms with van der Waals surface area (Å²) in [6.45, 7) is 1.84. The summed E-state index contributed by atoms with van der Waals surface area (Å²) in [5, 5.41) is 23.3. The quantitative estimate of drug-likeness (QED) is 0.342. The van der Waals surface area contributed by atoms with Crippen LogP contribution in [0.2, 0.25) is 5.02 Å². The number of rotatable bonds is 7. The number of carbonyl (C=O) groups excluding carboxylic acids is 1. The number of carbonyl (C=O) groups is 1. The van der Waals surface area contributed by atoms with Gasteiger partial charge in [0.05, 0.1) is 11.0 Å². The molecule has 1 amide bonds. The van der Waals surface area contributed by atoms with Crippen LogP contribution in [0.1, 0.15) is 34.7 Å². The Bertz CT molecular complexity index is 1020. The molecular weight excluding hydrogens is 414 g/mol. The number of hydrogen-bond donors (Lipinski definition) is 1. The van der Waals surface area contributed by atoms with Crippen LogP contribution < -0.4 is 5.32 Å². The van der Waals surface area contributed by atoms with Gasteiger partial charge in [0.2, 0.25) is 0 Å². The molecule has 0 spiro atoms. The van der Waals surface area contributed by atoms with Crippen molar-refractivity contribution in [2.75, 3.05) is 0 Å². The zero-order chi connectivity index (χ0) is 21.0. The Labute approximate surface area is 176 Å². The van der Waals surface area contributed by atoms with Gasteiger partial charge in [-0.25, -0.2) is 0 Å². The Balaban J connectivity index is 1.62. The largest absolute Gasteiger partial charge is 0.342 e. The van der Waals surface area contributed by atoms with Crippen LogP contribution in [-0.2, 0) is 12.8 Å². The van der Waals surface area contributed by atoms with Gasteiger partial charge < -0.3 is 9.88 Å². The van der Waals surface area contributed by atoms with E-state index in [1.165, 1.54) is 23.9 Å². The second-order valence-electron chi connectivity index (χ2n) is 6.31. The topological polar surface area (TPSA) is 103 Å². The first-order valence-corrected chi connectivity index (χ1v) is 10.0. The molecule has 0 aliphatic rings. The zero-order valence-corrected chi connectivity index (χ0v) is 17.3. The fraction of sp³-hybridized carbons (Fsp3) is 0.211. The molecule has 0 unspecified atom stereocenters. The fourth-order valence-corrected chi connectivity index (χ4v) is 3.64. The zero-order valence-electron chi connectivity index (χ0n) is 15.7. The van der Waals surface area contributed by atoms with Gasteiger partial charge in [0.25, 0.3) is 11.6 Å². The number of nitro groups is 1. The molecule has 3 aromatic rings.